The van der Waals surface area contributed by atoms with Gasteiger partial charge in [-0.3, -0.25) is 14.6 Å². The number of hydrogen-bond acceptors (Lipinski definition) is 5. The van der Waals surface area contributed by atoms with Gasteiger partial charge in [0.05, 0.1) is 23.3 Å². The molecule has 3 heterocycles. The summed E-state index contributed by atoms with van der Waals surface area (Å²) in [4.78, 5) is 40.4. The molecule has 0 aliphatic heterocycles. The second-order valence-electron chi connectivity index (χ2n) is 7.85. The van der Waals surface area contributed by atoms with E-state index in [0.29, 0.717) is 17.9 Å². The van der Waals surface area contributed by atoms with Crippen LogP contribution in [0.15, 0.2) is 36.9 Å². The lowest BCUT2D eigenvalue weighted by molar-refractivity contribution is -0.117. The number of halogens is 1. The Bertz CT molecular complexity index is 1360. The van der Waals surface area contributed by atoms with Crippen molar-refractivity contribution in [3.63, 3.8) is 0 Å². The molecule has 4 aromatic rings. The number of nitrogens with one attached hydrogen (secondary N) is 2. The van der Waals surface area contributed by atoms with E-state index in [0.717, 1.165) is 38.5 Å². The van der Waals surface area contributed by atoms with Gasteiger partial charge in [0.15, 0.2) is 5.78 Å². The fraction of sp³-hybridized carbons (Fsp3) is 0.261. The first kappa shape index (κ1) is 19.3. The lowest BCUT2D eigenvalue weighted by atomic mass is 9.97. The van der Waals surface area contributed by atoms with E-state index >= 15 is 0 Å². The number of amides is 1. The number of carbonyl (C=O) groups is 2. The molecule has 1 amide bonds. The van der Waals surface area contributed by atoms with Crippen molar-refractivity contribution < 1.29 is 14.0 Å². The third-order valence-corrected chi connectivity index (χ3v) is 5.71. The number of alkyl halides is 1. The van der Waals surface area contributed by atoms with E-state index in [1.165, 1.54) is 0 Å². The SMILES string of the molecule is CCC(=O)c1cc(C)c(-c2cc3cnc(NC(=O)[C@H]4C[C@H]4F)cc3c3[nH]cnc23)cn1. The number of benzene rings is 1. The van der Waals surface area contributed by atoms with Crippen LogP contribution in [-0.2, 0) is 4.79 Å². The molecule has 1 aliphatic rings. The molecular weight excluding hydrogens is 397 g/mol. The quantitative estimate of drug-likeness (QED) is 0.470. The zero-order valence-corrected chi connectivity index (χ0v) is 17.1. The summed E-state index contributed by atoms with van der Waals surface area (Å²) in [7, 11) is 0. The van der Waals surface area contributed by atoms with Crippen molar-refractivity contribution >= 4 is 39.3 Å². The number of pyridine rings is 2. The predicted octanol–water partition coefficient (Wildman–Crippen LogP) is 4.37. The maximum atomic E-state index is 13.2. The highest BCUT2D eigenvalue weighted by molar-refractivity contribution is 6.11. The van der Waals surface area contributed by atoms with Crippen LogP contribution in [0, 0.1) is 12.8 Å². The molecule has 0 radical (unpaired) electrons. The highest BCUT2D eigenvalue weighted by atomic mass is 19.1. The Balaban J connectivity index is 1.59. The molecule has 1 saturated carbocycles. The number of aromatic amines is 1. The van der Waals surface area contributed by atoms with Crippen LogP contribution >= 0.6 is 0 Å². The van der Waals surface area contributed by atoms with Crippen molar-refractivity contribution in [2.75, 3.05) is 5.32 Å². The number of ketones is 1. The van der Waals surface area contributed by atoms with Gasteiger partial charge in [0.2, 0.25) is 5.91 Å². The van der Waals surface area contributed by atoms with Crippen LogP contribution in [0.5, 0.6) is 0 Å². The summed E-state index contributed by atoms with van der Waals surface area (Å²) in [5.74, 6) is -0.548. The highest BCUT2D eigenvalue weighted by Gasteiger charge is 2.43. The molecular formula is C23H20FN5O2. The minimum Gasteiger partial charge on any atom is -0.344 e. The Morgan fingerprint density at radius 3 is 2.68 bits per heavy atom. The second kappa shape index (κ2) is 7.23. The summed E-state index contributed by atoms with van der Waals surface area (Å²) in [5.41, 5.74) is 4.69. The van der Waals surface area contributed by atoms with E-state index in [1.807, 2.05) is 19.9 Å². The molecule has 156 valence electrons. The third kappa shape index (κ3) is 3.34. The third-order valence-electron chi connectivity index (χ3n) is 5.71. The van der Waals surface area contributed by atoms with Crippen LogP contribution in [0.3, 0.4) is 0 Å². The number of Topliss-reactive ketones (excluding diaryl/α,β-unsaturated/α-hetero) is 1. The molecule has 8 heteroatoms. The van der Waals surface area contributed by atoms with Gasteiger partial charge < -0.3 is 10.3 Å². The Labute approximate surface area is 177 Å². The van der Waals surface area contributed by atoms with Crippen molar-refractivity contribution in [2.24, 2.45) is 5.92 Å². The lowest BCUT2D eigenvalue weighted by Crippen LogP contribution is -2.15. The molecule has 31 heavy (non-hydrogen) atoms. The van der Waals surface area contributed by atoms with Gasteiger partial charge in [-0.05, 0) is 37.1 Å². The minimum absolute atomic E-state index is 0.00198. The van der Waals surface area contributed by atoms with Crippen molar-refractivity contribution in [1.82, 2.24) is 19.9 Å². The van der Waals surface area contributed by atoms with E-state index < -0.39 is 12.1 Å². The molecule has 1 fully saturated rings. The smallest absolute Gasteiger partial charge is 0.231 e. The van der Waals surface area contributed by atoms with Crippen molar-refractivity contribution in [3.05, 3.63) is 48.2 Å². The first-order valence-corrected chi connectivity index (χ1v) is 10.2. The second-order valence-corrected chi connectivity index (χ2v) is 7.85. The summed E-state index contributed by atoms with van der Waals surface area (Å²) >= 11 is 0. The first-order valence-electron chi connectivity index (χ1n) is 10.2. The first-order chi connectivity index (χ1) is 15.0. The van der Waals surface area contributed by atoms with Crippen LogP contribution in [0.2, 0.25) is 0 Å². The number of nitrogens with zero attached hydrogens (tertiary/aromatic N) is 3. The van der Waals surface area contributed by atoms with E-state index in [-0.39, 0.29) is 18.1 Å². The van der Waals surface area contributed by atoms with Crippen molar-refractivity contribution in [3.8, 4) is 11.1 Å². The average Bonchev–Trinajstić information content (AvgIpc) is 3.30. The van der Waals surface area contributed by atoms with Crippen LogP contribution in [0.25, 0.3) is 32.9 Å². The van der Waals surface area contributed by atoms with Crippen LogP contribution in [0.4, 0.5) is 10.2 Å². The normalized spacial score (nSPS) is 17.8. The molecule has 2 N–H and O–H groups in total. The summed E-state index contributed by atoms with van der Waals surface area (Å²) in [5, 5.41) is 4.39. The van der Waals surface area contributed by atoms with E-state index in [9.17, 15) is 14.0 Å². The van der Waals surface area contributed by atoms with Crippen molar-refractivity contribution in [2.45, 2.75) is 32.9 Å². The largest absolute Gasteiger partial charge is 0.344 e. The fourth-order valence-electron chi connectivity index (χ4n) is 3.82. The number of rotatable bonds is 5. The van der Waals surface area contributed by atoms with Gasteiger partial charge in [0.1, 0.15) is 17.7 Å². The van der Waals surface area contributed by atoms with Gasteiger partial charge >= 0.3 is 0 Å². The number of aromatic nitrogens is 4. The average molecular weight is 417 g/mol. The molecule has 1 aliphatic carbocycles. The number of H-pyrrole nitrogens is 1. The molecule has 0 saturated heterocycles. The topological polar surface area (TPSA) is 101 Å². The number of hydrogen-bond donors (Lipinski definition) is 2. The van der Waals surface area contributed by atoms with Gasteiger partial charge in [-0.25, -0.2) is 14.4 Å². The molecule has 5 rings (SSSR count). The maximum Gasteiger partial charge on any atom is 0.231 e. The number of fused-ring (bicyclic) bond motifs is 3. The number of carbonyl (C=O) groups excluding carboxylic acids is 2. The fourth-order valence-corrected chi connectivity index (χ4v) is 3.82. The number of aryl methyl sites for hydroxylation is 1. The van der Waals surface area contributed by atoms with Crippen LogP contribution in [-0.4, -0.2) is 37.8 Å². The van der Waals surface area contributed by atoms with Crippen molar-refractivity contribution in [1.29, 1.82) is 0 Å². The molecule has 1 aromatic carbocycles. The van der Waals surface area contributed by atoms with E-state index in [1.54, 1.807) is 30.9 Å². The van der Waals surface area contributed by atoms with Gasteiger partial charge in [-0.15, -0.1) is 0 Å². The minimum atomic E-state index is -1.06. The number of imidazole rings is 1. The van der Waals surface area contributed by atoms with Gasteiger partial charge in [0, 0.05) is 40.7 Å². The Hall–Kier alpha value is -3.68. The summed E-state index contributed by atoms with van der Waals surface area (Å²) < 4.78 is 13.2. The zero-order chi connectivity index (χ0) is 21.7. The number of anilines is 1. The van der Waals surface area contributed by atoms with E-state index in [2.05, 4.69) is 25.3 Å². The van der Waals surface area contributed by atoms with Gasteiger partial charge in [-0.1, -0.05) is 6.92 Å². The maximum absolute atomic E-state index is 13.2. The molecule has 2 atom stereocenters. The molecule has 3 aromatic heterocycles. The Morgan fingerprint density at radius 2 is 1.97 bits per heavy atom. The van der Waals surface area contributed by atoms with Crippen LogP contribution in [0.1, 0.15) is 35.8 Å². The molecule has 0 spiro atoms. The monoisotopic (exact) mass is 417 g/mol. The summed E-state index contributed by atoms with van der Waals surface area (Å²) in [6.07, 6.45) is 4.61. The highest BCUT2D eigenvalue weighted by Crippen LogP contribution is 2.36. The Morgan fingerprint density at radius 1 is 1.16 bits per heavy atom. The molecule has 0 bridgehead atoms. The standard InChI is InChI=1S/C23H20FN5O2/c1-3-19(30)18-4-11(2)16(9-25-18)14-5-12-8-26-20(29-23(31)15-6-17(15)24)7-13(12)21-22(14)28-10-27-21/h4-5,7-10,15,17H,3,6H2,1-2H3,(H,27,28)(H,26,29,31)/t15-,17+/m0/s1. The molecule has 7 nitrogen and oxygen atoms in total. The summed E-state index contributed by atoms with van der Waals surface area (Å²) in [6.45, 7) is 3.76. The Kier molecular flexibility index (Phi) is 4.50. The van der Waals surface area contributed by atoms with Gasteiger partial charge in [0.25, 0.3) is 0 Å². The predicted molar refractivity (Wildman–Crippen MR) is 116 cm³/mol. The van der Waals surface area contributed by atoms with E-state index in [4.69, 9.17) is 0 Å². The lowest BCUT2D eigenvalue weighted by Gasteiger charge is -2.11. The zero-order valence-electron chi connectivity index (χ0n) is 17.1. The van der Waals surface area contributed by atoms with Crippen LogP contribution < -0.4 is 5.32 Å². The van der Waals surface area contributed by atoms with Gasteiger partial charge in [-0.2, -0.15) is 0 Å². The molecule has 0 unspecified atom stereocenters. The summed E-state index contributed by atoms with van der Waals surface area (Å²) in [6, 6.07) is 5.54.